The molecule has 2 fully saturated rings. The van der Waals surface area contributed by atoms with E-state index in [1.54, 1.807) is 6.92 Å². The number of nitrogens with one attached hydrogen (secondary N) is 1. The molecule has 0 bridgehead atoms. The normalized spacial score (nSPS) is 26.6. The predicted molar refractivity (Wildman–Crippen MR) is 153 cm³/mol. The minimum Gasteiger partial charge on any atom is -0.223 e. The van der Waals surface area contributed by atoms with Gasteiger partial charge in [-0.1, -0.05) is 33.4 Å². The Labute approximate surface area is 233 Å². The van der Waals surface area contributed by atoms with E-state index >= 15 is 4.39 Å². The quantitative estimate of drug-likeness (QED) is 0.461. The lowest BCUT2D eigenvalue weighted by molar-refractivity contribution is 0.206. The Morgan fingerprint density at radius 3 is 2.28 bits per heavy atom. The lowest BCUT2D eigenvalue weighted by Gasteiger charge is -2.47. The Kier molecular flexibility index (Phi) is 12.5. The van der Waals surface area contributed by atoms with E-state index in [0.29, 0.717) is 11.4 Å². The molecule has 0 amide bonds. The lowest BCUT2D eigenvalue weighted by atomic mass is 9.72. The Morgan fingerprint density at radius 1 is 1.08 bits per heavy atom. The van der Waals surface area contributed by atoms with E-state index in [9.17, 15) is 21.2 Å². The van der Waals surface area contributed by atoms with Gasteiger partial charge in [0.1, 0.15) is 16.4 Å². The highest BCUT2D eigenvalue weighted by Crippen LogP contribution is 2.52. The minimum absolute atomic E-state index is 0. The molecule has 4 atom stereocenters. The summed E-state index contributed by atoms with van der Waals surface area (Å²) in [6, 6.07) is 8.02. The topological polar surface area (TPSA) is 80.3 Å². The fourth-order valence-corrected chi connectivity index (χ4v) is 9.37. The predicted octanol–water partition coefficient (Wildman–Crippen LogP) is 6.06. The summed E-state index contributed by atoms with van der Waals surface area (Å²) in [6.45, 7) is 1.76. The lowest BCUT2D eigenvalue weighted by Crippen LogP contribution is -2.57. The second-order valence-corrected chi connectivity index (χ2v) is 13.3. The van der Waals surface area contributed by atoms with Crippen molar-refractivity contribution < 1.29 is 25.6 Å². The molecular formula is C24H36ClF2NO4S4. The molecule has 2 aromatic carbocycles. The van der Waals surface area contributed by atoms with Crippen LogP contribution in [0.25, 0.3) is 0 Å². The van der Waals surface area contributed by atoms with Crippen LogP contribution in [-0.2, 0) is 24.6 Å². The first-order chi connectivity index (χ1) is 15.0. The van der Waals surface area contributed by atoms with Gasteiger partial charge in [0.15, 0.2) is 9.84 Å². The summed E-state index contributed by atoms with van der Waals surface area (Å²) in [5.74, 6) is -1.86. The molecule has 36 heavy (non-hydrogen) atoms. The summed E-state index contributed by atoms with van der Waals surface area (Å²) >= 11 is 5.93. The van der Waals surface area contributed by atoms with Crippen molar-refractivity contribution in [1.29, 1.82) is 0 Å². The number of hydrogen-bond donors (Lipinski definition) is 1. The molecule has 1 heterocycles. The van der Waals surface area contributed by atoms with Crippen LogP contribution in [0.15, 0.2) is 47.4 Å². The van der Waals surface area contributed by atoms with Gasteiger partial charge in [-0.25, -0.2) is 30.3 Å². The van der Waals surface area contributed by atoms with Crippen LogP contribution in [0.1, 0.15) is 59.4 Å². The summed E-state index contributed by atoms with van der Waals surface area (Å²) in [7, 11) is -7.68. The largest absolute Gasteiger partial charge is 0.223 e. The van der Waals surface area contributed by atoms with E-state index in [1.165, 1.54) is 24.3 Å². The molecule has 1 aliphatic carbocycles. The molecule has 206 valence electrons. The Bertz CT molecular complexity index is 1240. The maximum absolute atomic E-state index is 15.0. The summed E-state index contributed by atoms with van der Waals surface area (Å²) in [5, 5.41) is -0.304. The fourth-order valence-electron chi connectivity index (χ4n) is 5.17. The number of halogens is 3. The van der Waals surface area contributed by atoms with E-state index in [0.717, 1.165) is 18.2 Å². The number of sulfonamides is 1. The average Bonchev–Trinajstić information content (AvgIpc) is 2.74. The SMILES string of the molecule is C.C.CC[C@@H]1C[C@H]2C[C@@](c3cc(F)ccc3F)(S(=O)(=O)c3ccc(Cl)cc3)CC[C@H]2NS1(=O)=O.S.S. The van der Waals surface area contributed by atoms with Crippen molar-refractivity contribution in [3.63, 3.8) is 0 Å². The maximum Gasteiger partial charge on any atom is 0.214 e. The van der Waals surface area contributed by atoms with Crippen molar-refractivity contribution >= 4 is 58.5 Å². The van der Waals surface area contributed by atoms with Gasteiger partial charge in [0, 0.05) is 16.6 Å². The molecule has 12 heteroatoms. The summed E-state index contributed by atoms with van der Waals surface area (Å²) in [6.07, 6.45) is 0.791. The van der Waals surface area contributed by atoms with Gasteiger partial charge >= 0.3 is 0 Å². The number of fused-ring (bicyclic) bond motifs is 1. The van der Waals surface area contributed by atoms with Gasteiger partial charge in [0.25, 0.3) is 0 Å². The number of rotatable bonds is 4. The molecule has 0 spiro atoms. The van der Waals surface area contributed by atoms with Crippen LogP contribution in [0.3, 0.4) is 0 Å². The first-order valence-electron chi connectivity index (χ1n) is 10.5. The van der Waals surface area contributed by atoms with Crippen molar-refractivity contribution in [2.24, 2.45) is 5.92 Å². The van der Waals surface area contributed by atoms with Crippen molar-refractivity contribution in [2.75, 3.05) is 0 Å². The van der Waals surface area contributed by atoms with E-state index in [1.807, 2.05) is 0 Å². The Morgan fingerprint density at radius 2 is 1.69 bits per heavy atom. The van der Waals surface area contributed by atoms with Crippen LogP contribution in [0.2, 0.25) is 5.02 Å². The van der Waals surface area contributed by atoms with Crippen molar-refractivity contribution in [3.8, 4) is 0 Å². The molecule has 2 aliphatic rings. The van der Waals surface area contributed by atoms with Crippen LogP contribution < -0.4 is 4.72 Å². The van der Waals surface area contributed by atoms with Crippen LogP contribution >= 0.6 is 38.6 Å². The highest BCUT2D eigenvalue weighted by Gasteiger charge is 2.55. The molecular weight excluding hydrogens is 568 g/mol. The van der Waals surface area contributed by atoms with Gasteiger partial charge in [0.05, 0.1) is 10.1 Å². The third kappa shape index (κ3) is 6.07. The second-order valence-electron chi connectivity index (χ2n) is 8.61. The van der Waals surface area contributed by atoms with E-state index in [-0.39, 0.29) is 83.9 Å². The second kappa shape index (κ2) is 12.8. The average molecular weight is 604 g/mol. The van der Waals surface area contributed by atoms with Crippen molar-refractivity contribution in [3.05, 3.63) is 64.7 Å². The maximum atomic E-state index is 15.0. The molecule has 0 aromatic heterocycles. The smallest absolute Gasteiger partial charge is 0.214 e. The Balaban J connectivity index is 0.00000306. The first kappa shape index (κ1) is 35.2. The third-order valence-electron chi connectivity index (χ3n) is 6.85. The fraction of sp³-hybridized carbons (Fsp3) is 0.500. The van der Waals surface area contributed by atoms with Gasteiger partial charge in [-0.05, 0) is 80.5 Å². The van der Waals surface area contributed by atoms with Gasteiger partial charge in [-0.2, -0.15) is 27.0 Å². The van der Waals surface area contributed by atoms with Gasteiger partial charge < -0.3 is 0 Å². The number of hydrogen-bond acceptors (Lipinski definition) is 4. The monoisotopic (exact) mass is 603 g/mol. The van der Waals surface area contributed by atoms with E-state index in [4.69, 9.17) is 11.6 Å². The van der Waals surface area contributed by atoms with E-state index < -0.39 is 47.5 Å². The molecule has 1 N–H and O–H groups in total. The van der Waals surface area contributed by atoms with E-state index in [2.05, 4.69) is 4.72 Å². The Hall–Kier alpha value is -0.850. The zero-order valence-corrected chi connectivity index (χ0v) is 22.8. The van der Waals surface area contributed by atoms with Gasteiger partial charge in [-0.3, -0.25) is 0 Å². The van der Waals surface area contributed by atoms with Crippen LogP contribution in [0.4, 0.5) is 8.78 Å². The molecule has 1 aliphatic heterocycles. The van der Waals surface area contributed by atoms with Gasteiger partial charge in [0.2, 0.25) is 10.0 Å². The molecule has 5 nitrogen and oxygen atoms in total. The van der Waals surface area contributed by atoms with Crippen molar-refractivity contribution in [1.82, 2.24) is 4.72 Å². The zero-order chi connectivity index (χ0) is 23.3. The molecule has 2 aromatic rings. The zero-order valence-electron chi connectivity index (χ0n) is 18.4. The highest BCUT2D eigenvalue weighted by molar-refractivity contribution is 7.92. The number of benzene rings is 2. The molecule has 0 radical (unpaired) electrons. The molecule has 1 saturated heterocycles. The van der Waals surface area contributed by atoms with Crippen LogP contribution in [-0.4, -0.2) is 28.1 Å². The van der Waals surface area contributed by atoms with Crippen LogP contribution in [0.5, 0.6) is 0 Å². The highest BCUT2D eigenvalue weighted by atomic mass is 35.5. The molecule has 1 saturated carbocycles. The first-order valence-corrected chi connectivity index (χ1v) is 13.9. The number of sulfone groups is 1. The summed E-state index contributed by atoms with van der Waals surface area (Å²) in [4.78, 5) is -0.0348. The van der Waals surface area contributed by atoms with Gasteiger partial charge in [-0.15, -0.1) is 0 Å². The molecule has 0 unspecified atom stereocenters. The minimum atomic E-state index is -4.18. The van der Waals surface area contributed by atoms with Crippen molar-refractivity contribution in [2.45, 2.75) is 74.8 Å². The third-order valence-corrected chi connectivity index (χ3v) is 11.7. The summed E-state index contributed by atoms with van der Waals surface area (Å²) in [5.41, 5.74) is -0.215. The standard InChI is InChI=1S/C22H24ClF2NO4S2.2CH4.2H2S/c1-2-17-11-14-13-22(10-9-21(14)26-32(17,29)30,19-12-16(24)5-8-20(19)25)31(27,28)18-6-3-15(23)4-7-18;;;;/h3-8,12,14,17,21,26H,2,9-11,13H2,1H3;2*1H4;2*1H2/t14-,17+,21+,22-;;;;/m0..../s1. The molecule has 4 rings (SSSR count). The van der Waals surface area contributed by atoms with Crippen LogP contribution in [0, 0.1) is 17.6 Å². The summed E-state index contributed by atoms with van der Waals surface area (Å²) < 4.78 is 83.1.